The van der Waals surface area contributed by atoms with Crippen LogP contribution in [0.5, 0.6) is 0 Å². The minimum Gasteiger partial charge on any atom is -0.360 e. The van der Waals surface area contributed by atoms with Gasteiger partial charge < -0.3 is 4.90 Å². The second-order valence-electron chi connectivity index (χ2n) is 5.22. The Morgan fingerprint density at radius 3 is 2.71 bits per heavy atom. The van der Waals surface area contributed by atoms with Crippen LogP contribution in [0.4, 0.5) is 5.69 Å². The van der Waals surface area contributed by atoms with E-state index in [0.29, 0.717) is 5.57 Å². The molecular formula is C18H16BrNO. The normalized spacial score (nSPS) is 17.2. The molecule has 0 radical (unpaired) electrons. The van der Waals surface area contributed by atoms with Crippen LogP contribution in [-0.2, 0) is 11.2 Å². The van der Waals surface area contributed by atoms with Gasteiger partial charge in [-0.3, -0.25) is 4.79 Å². The van der Waals surface area contributed by atoms with E-state index in [2.05, 4.69) is 57.7 Å². The fraction of sp³-hybridized carbons (Fsp3) is 0.167. The van der Waals surface area contributed by atoms with Crippen molar-refractivity contribution in [3.63, 3.8) is 0 Å². The molecule has 0 spiro atoms. The number of carbonyl (C=O) groups excluding carboxylic acids is 1. The first-order valence-corrected chi connectivity index (χ1v) is 7.74. The van der Waals surface area contributed by atoms with Crippen LogP contribution in [0.2, 0.25) is 0 Å². The Hall–Kier alpha value is -1.87. The van der Waals surface area contributed by atoms with Crippen LogP contribution in [0.3, 0.4) is 0 Å². The van der Waals surface area contributed by atoms with E-state index in [1.807, 2.05) is 18.2 Å². The Morgan fingerprint density at radius 1 is 1.24 bits per heavy atom. The monoisotopic (exact) mass is 341 g/mol. The predicted octanol–water partition coefficient (Wildman–Crippen LogP) is 4.31. The van der Waals surface area contributed by atoms with E-state index in [0.717, 1.165) is 35.0 Å². The summed E-state index contributed by atoms with van der Waals surface area (Å²) in [5.41, 5.74) is 4.17. The van der Waals surface area contributed by atoms with Gasteiger partial charge in [-0.1, -0.05) is 46.8 Å². The molecule has 0 bridgehead atoms. The smallest absolute Gasteiger partial charge is 0.147 e. The highest BCUT2D eigenvalue weighted by Crippen LogP contribution is 2.38. The van der Waals surface area contributed by atoms with Gasteiger partial charge in [0.05, 0.1) is 6.04 Å². The van der Waals surface area contributed by atoms with Gasteiger partial charge >= 0.3 is 0 Å². The number of carbonyl (C=O) groups is 1. The van der Waals surface area contributed by atoms with E-state index < -0.39 is 0 Å². The third kappa shape index (κ3) is 2.66. The van der Waals surface area contributed by atoms with E-state index in [1.54, 1.807) is 0 Å². The number of benzene rings is 2. The number of nitrogens with zero attached hydrogens (tertiary/aromatic N) is 1. The number of hydrogen-bond donors (Lipinski definition) is 0. The van der Waals surface area contributed by atoms with Crippen molar-refractivity contribution >= 4 is 27.9 Å². The maximum absolute atomic E-state index is 11.3. The van der Waals surface area contributed by atoms with Crippen LogP contribution in [0.25, 0.3) is 0 Å². The first-order chi connectivity index (χ1) is 10.2. The largest absolute Gasteiger partial charge is 0.360 e. The zero-order chi connectivity index (χ0) is 14.8. The van der Waals surface area contributed by atoms with Crippen molar-refractivity contribution in [1.82, 2.24) is 0 Å². The molecule has 0 N–H and O–H groups in total. The Morgan fingerprint density at radius 2 is 2.00 bits per heavy atom. The standard InChI is InChI=1S/C18H16BrNO/c1-13(12-21)18-17-11-15(19)8-7-14(17)9-10-20(18)16-5-3-2-4-6-16/h2-8,11-12,18H,1,9-10H2. The third-order valence-electron chi connectivity index (χ3n) is 3.93. The summed E-state index contributed by atoms with van der Waals surface area (Å²) in [5.74, 6) is 0. The molecule has 1 unspecified atom stereocenters. The van der Waals surface area contributed by atoms with Crippen molar-refractivity contribution in [2.45, 2.75) is 12.5 Å². The second kappa shape index (κ2) is 5.86. The summed E-state index contributed by atoms with van der Waals surface area (Å²) in [6.07, 6.45) is 1.84. The number of hydrogen-bond acceptors (Lipinski definition) is 2. The topological polar surface area (TPSA) is 20.3 Å². The summed E-state index contributed by atoms with van der Waals surface area (Å²) in [6.45, 7) is 4.86. The molecule has 0 amide bonds. The van der Waals surface area contributed by atoms with E-state index in [1.165, 1.54) is 5.56 Å². The molecule has 0 saturated carbocycles. The van der Waals surface area contributed by atoms with Crippen LogP contribution in [0.1, 0.15) is 17.2 Å². The average Bonchev–Trinajstić information content (AvgIpc) is 2.53. The summed E-state index contributed by atoms with van der Waals surface area (Å²) in [7, 11) is 0. The molecule has 2 aromatic carbocycles. The van der Waals surface area contributed by atoms with Crippen LogP contribution in [-0.4, -0.2) is 12.8 Å². The lowest BCUT2D eigenvalue weighted by Crippen LogP contribution is -2.36. The molecule has 106 valence electrons. The summed E-state index contributed by atoms with van der Waals surface area (Å²) in [4.78, 5) is 13.6. The summed E-state index contributed by atoms with van der Waals surface area (Å²) >= 11 is 3.53. The zero-order valence-electron chi connectivity index (χ0n) is 11.6. The summed E-state index contributed by atoms with van der Waals surface area (Å²) in [5, 5.41) is 0. The molecule has 2 aromatic rings. The average molecular weight is 342 g/mol. The van der Waals surface area contributed by atoms with Gasteiger partial charge in [-0.05, 0) is 41.8 Å². The number of para-hydroxylation sites is 1. The Labute approximate surface area is 133 Å². The summed E-state index contributed by atoms with van der Waals surface area (Å²) in [6, 6.07) is 16.4. The lowest BCUT2D eigenvalue weighted by molar-refractivity contribution is -0.105. The number of rotatable bonds is 3. The molecule has 0 aliphatic carbocycles. The van der Waals surface area contributed by atoms with E-state index in [-0.39, 0.29) is 6.04 Å². The van der Waals surface area contributed by atoms with Crippen LogP contribution in [0, 0.1) is 0 Å². The quantitative estimate of drug-likeness (QED) is 0.612. The lowest BCUT2D eigenvalue weighted by Gasteiger charge is -2.39. The number of halogens is 1. The van der Waals surface area contributed by atoms with Gasteiger partial charge in [0.2, 0.25) is 0 Å². The number of fused-ring (bicyclic) bond motifs is 1. The molecule has 1 atom stereocenters. The maximum atomic E-state index is 11.3. The summed E-state index contributed by atoms with van der Waals surface area (Å²) < 4.78 is 1.03. The highest BCUT2D eigenvalue weighted by atomic mass is 79.9. The van der Waals surface area contributed by atoms with Crippen molar-refractivity contribution in [2.24, 2.45) is 0 Å². The van der Waals surface area contributed by atoms with E-state index in [4.69, 9.17) is 0 Å². The first kappa shape index (κ1) is 14.1. The van der Waals surface area contributed by atoms with Gasteiger partial charge in [-0.15, -0.1) is 0 Å². The van der Waals surface area contributed by atoms with Gasteiger partial charge in [0.15, 0.2) is 0 Å². The van der Waals surface area contributed by atoms with Crippen molar-refractivity contribution in [2.75, 3.05) is 11.4 Å². The van der Waals surface area contributed by atoms with Gasteiger partial charge in [0.25, 0.3) is 0 Å². The fourth-order valence-corrected chi connectivity index (χ4v) is 3.33. The molecule has 3 heteroatoms. The Balaban J connectivity index is 2.11. The molecule has 3 rings (SSSR count). The van der Waals surface area contributed by atoms with Crippen molar-refractivity contribution < 1.29 is 4.79 Å². The van der Waals surface area contributed by atoms with E-state index >= 15 is 0 Å². The number of anilines is 1. The van der Waals surface area contributed by atoms with Crippen LogP contribution >= 0.6 is 15.9 Å². The molecule has 2 nitrogen and oxygen atoms in total. The molecule has 1 heterocycles. The van der Waals surface area contributed by atoms with Crippen LogP contribution < -0.4 is 4.90 Å². The minimum absolute atomic E-state index is 0.0915. The highest BCUT2D eigenvalue weighted by Gasteiger charge is 2.29. The second-order valence-corrected chi connectivity index (χ2v) is 6.13. The van der Waals surface area contributed by atoms with Gasteiger partial charge in [-0.25, -0.2) is 0 Å². The van der Waals surface area contributed by atoms with E-state index in [9.17, 15) is 4.79 Å². The first-order valence-electron chi connectivity index (χ1n) is 6.94. The van der Waals surface area contributed by atoms with Crippen molar-refractivity contribution in [1.29, 1.82) is 0 Å². The molecule has 1 aliphatic rings. The van der Waals surface area contributed by atoms with Gasteiger partial charge in [-0.2, -0.15) is 0 Å². The molecule has 0 aromatic heterocycles. The number of aldehydes is 1. The van der Waals surface area contributed by atoms with Gasteiger partial charge in [0.1, 0.15) is 6.29 Å². The Kier molecular flexibility index (Phi) is 3.93. The molecular weight excluding hydrogens is 326 g/mol. The van der Waals surface area contributed by atoms with Crippen molar-refractivity contribution in [3.8, 4) is 0 Å². The predicted molar refractivity (Wildman–Crippen MR) is 89.6 cm³/mol. The van der Waals surface area contributed by atoms with Crippen LogP contribution in [0.15, 0.2) is 65.2 Å². The maximum Gasteiger partial charge on any atom is 0.147 e. The van der Waals surface area contributed by atoms with Gasteiger partial charge in [0, 0.05) is 22.3 Å². The highest BCUT2D eigenvalue weighted by molar-refractivity contribution is 9.10. The third-order valence-corrected chi connectivity index (χ3v) is 4.42. The molecule has 0 saturated heterocycles. The Bertz CT molecular complexity index is 681. The zero-order valence-corrected chi connectivity index (χ0v) is 13.2. The fourth-order valence-electron chi connectivity index (χ4n) is 2.95. The minimum atomic E-state index is -0.0915. The SMILES string of the molecule is C=C(C=O)C1c2cc(Br)ccc2CCN1c1ccccc1. The molecule has 1 aliphatic heterocycles. The molecule has 0 fully saturated rings. The van der Waals surface area contributed by atoms with Crippen molar-refractivity contribution in [3.05, 3.63) is 76.3 Å². The molecule has 21 heavy (non-hydrogen) atoms. The lowest BCUT2D eigenvalue weighted by atomic mass is 9.88.